The van der Waals surface area contributed by atoms with Crippen LogP contribution in [0.1, 0.15) is 76.3 Å². The Kier molecular flexibility index (Phi) is 7.59. The third kappa shape index (κ3) is 5.43. The van der Waals surface area contributed by atoms with Gasteiger partial charge in [0.05, 0.1) is 0 Å². The summed E-state index contributed by atoms with van der Waals surface area (Å²) in [4.78, 5) is 0. The van der Waals surface area contributed by atoms with E-state index in [1.54, 1.807) is 0 Å². The molecule has 0 nitrogen and oxygen atoms in total. The van der Waals surface area contributed by atoms with E-state index >= 15 is 0 Å². The number of aryl methyl sites for hydroxylation is 2. The molecule has 0 saturated heterocycles. The number of hydrogen-bond acceptors (Lipinski definition) is 0. The van der Waals surface area contributed by atoms with Gasteiger partial charge in [-0.15, -0.1) is 0 Å². The van der Waals surface area contributed by atoms with E-state index in [-0.39, 0.29) is 0 Å². The van der Waals surface area contributed by atoms with Crippen LogP contribution in [0, 0.1) is 0 Å². The molecule has 206 valence electrons. The Bertz CT molecular complexity index is 1880. The topological polar surface area (TPSA) is 0 Å². The van der Waals surface area contributed by atoms with Gasteiger partial charge in [-0.25, -0.2) is 0 Å². The van der Waals surface area contributed by atoms with Crippen LogP contribution in [0.2, 0.25) is 0 Å². The first-order chi connectivity index (χ1) is 20.2. The Labute approximate surface area is 250 Å². The second-order valence-corrected chi connectivity index (χ2v) is 14.5. The van der Waals surface area contributed by atoms with Crippen LogP contribution in [-0.2, 0) is 12.8 Å². The molecule has 0 bridgehead atoms. The van der Waals surface area contributed by atoms with E-state index in [4.69, 9.17) is 0 Å². The minimum absolute atomic E-state index is 0.346. The molecular weight excluding hydrogens is 559 g/mol. The molecule has 0 aliphatic carbocycles. The molecule has 1 heterocycles. The molecule has 0 fully saturated rings. The van der Waals surface area contributed by atoms with Gasteiger partial charge >= 0.3 is 237 Å². The number of hydrogen-bond donors (Lipinski definition) is 0. The summed E-state index contributed by atoms with van der Waals surface area (Å²) >= 11 is 0.346. The van der Waals surface area contributed by atoms with Gasteiger partial charge in [0.2, 0.25) is 0 Å². The van der Waals surface area contributed by atoms with Crippen molar-refractivity contribution in [3.63, 3.8) is 0 Å². The van der Waals surface area contributed by atoms with Crippen LogP contribution in [0.3, 0.4) is 0 Å². The van der Waals surface area contributed by atoms with Crippen LogP contribution in [0.15, 0.2) is 84.9 Å². The van der Waals surface area contributed by atoms with Gasteiger partial charge in [-0.1, -0.05) is 13.8 Å². The van der Waals surface area contributed by atoms with Crippen molar-refractivity contribution < 1.29 is 0 Å². The zero-order valence-corrected chi connectivity index (χ0v) is 26.3. The Morgan fingerprint density at radius 3 is 1.27 bits per heavy atom. The molecule has 1 aromatic heterocycles. The van der Waals surface area contributed by atoms with Crippen molar-refractivity contribution in [2.24, 2.45) is 0 Å². The molecule has 0 aliphatic heterocycles. The van der Waals surface area contributed by atoms with Crippen LogP contribution in [0.4, 0.5) is 0 Å². The summed E-state index contributed by atoms with van der Waals surface area (Å²) in [6.45, 7) is 4.57. The Morgan fingerprint density at radius 2 is 0.805 bits per heavy atom. The van der Waals surface area contributed by atoms with E-state index < -0.39 is 0 Å². The summed E-state index contributed by atoms with van der Waals surface area (Å²) in [6.07, 6.45) is 13.0. The van der Waals surface area contributed by atoms with E-state index in [0.29, 0.717) is 14.5 Å². The van der Waals surface area contributed by atoms with Crippen molar-refractivity contribution in [3.8, 4) is 0 Å². The van der Waals surface area contributed by atoms with Crippen LogP contribution < -0.4 is 0 Å². The summed E-state index contributed by atoms with van der Waals surface area (Å²) in [7, 11) is 0. The zero-order valence-electron chi connectivity index (χ0n) is 24.6. The molecule has 1 heteroatoms. The molecular formula is C40H40Se. The quantitative estimate of drug-likeness (QED) is 0.0833. The van der Waals surface area contributed by atoms with Gasteiger partial charge in [-0.05, 0) is 0 Å². The van der Waals surface area contributed by atoms with Gasteiger partial charge in [-0.3, -0.25) is 0 Å². The van der Waals surface area contributed by atoms with E-state index in [1.807, 2.05) is 0 Å². The summed E-state index contributed by atoms with van der Waals surface area (Å²) in [5.74, 6) is 0. The van der Waals surface area contributed by atoms with E-state index in [2.05, 4.69) is 98.8 Å². The van der Waals surface area contributed by atoms with Crippen molar-refractivity contribution in [3.05, 3.63) is 96.1 Å². The molecule has 7 aromatic rings. The maximum atomic E-state index is 2.49. The van der Waals surface area contributed by atoms with Crippen LogP contribution in [0.5, 0.6) is 0 Å². The first kappa shape index (κ1) is 26.8. The first-order valence-corrected chi connectivity index (χ1v) is 17.6. The minimum atomic E-state index is 0.346. The Hall–Kier alpha value is -3.12. The third-order valence-electron chi connectivity index (χ3n) is 9.06. The second kappa shape index (κ2) is 11.6. The normalized spacial score (nSPS) is 12.1. The second-order valence-electron chi connectivity index (χ2n) is 12.2. The summed E-state index contributed by atoms with van der Waals surface area (Å²) in [6, 6.07) is 33.8. The number of fused-ring (bicyclic) bond motifs is 7. The molecule has 6 aromatic carbocycles. The van der Waals surface area contributed by atoms with E-state index in [1.165, 1.54) is 138 Å². The number of benzene rings is 6. The number of rotatable bonds is 10. The van der Waals surface area contributed by atoms with Crippen molar-refractivity contribution in [2.45, 2.75) is 78.1 Å². The fourth-order valence-corrected chi connectivity index (χ4v) is 9.13. The SMILES string of the molecule is CCCCCCc1ccc2cc3cc4c(cc3cc2c1)[se]c1cc2cc3cc(CCCCCC)ccc3cc2cc14. The fraction of sp³-hybridized carbons (Fsp3) is 0.300. The molecule has 0 spiro atoms. The third-order valence-corrected chi connectivity index (χ3v) is 11.4. The molecule has 0 atom stereocenters. The van der Waals surface area contributed by atoms with Crippen molar-refractivity contribution >= 4 is 76.9 Å². The molecule has 0 radical (unpaired) electrons. The van der Waals surface area contributed by atoms with Gasteiger partial charge in [0.15, 0.2) is 0 Å². The summed E-state index contributed by atoms with van der Waals surface area (Å²) in [5, 5.41) is 13.9. The summed E-state index contributed by atoms with van der Waals surface area (Å²) in [5.41, 5.74) is 2.96. The molecule has 0 N–H and O–H groups in total. The van der Waals surface area contributed by atoms with Gasteiger partial charge in [0.25, 0.3) is 0 Å². The standard InChI is InChI=1S/C40H40Se/c1-3-5-7-9-11-27-13-15-29-19-33-23-37-38-24-34-20-30-16-14-28(12-10-8-6-4-2)18-32(30)22-36(34)26-40(38)41-39(37)25-35(33)21-31(29)17-27/h13-26H,3-12H2,1-2H3. The van der Waals surface area contributed by atoms with Crippen molar-refractivity contribution in [1.82, 2.24) is 0 Å². The molecule has 0 amide bonds. The fourth-order valence-electron chi connectivity index (χ4n) is 6.69. The summed E-state index contributed by atoms with van der Waals surface area (Å²) < 4.78 is 3.06. The predicted octanol–water partition coefficient (Wildman–Crippen LogP) is 11.9. The molecule has 7 rings (SSSR count). The average molecular weight is 600 g/mol. The Balaban J connectivity index is 1.26. The molecule has 0 unspecified atom stereocenters. The molecule has 0 aliphatic rings. The van der Waals surface area contributed by atoms with E-state index in [9.17, 15) is 0 Å². The van der Waals surface area contributed by atoms with Gasteiger partial charge in [-0.2, -0.15) is 0 Å². The van der Waals surface area contributed by atoms with Gasteiger partial charge < -0.3 is 0 Å². The van der Waals surface area contributed by atoms with Crippen molar-refractivity contribution in [2.75, 3.05) is 0 Å². The van der Waals surface area contributed by atoms with Crippen molar-refractivity contribution in [1.29, 1.82) is 0 Å². The van der Waals surface area contributed by atoms with Crippen LogP contribution >= 0.6 is 0 Å². The zero-order chi connectivity index (χ0) is 27.8. The predicted molar refractivity (Wildman–Crippen MR) is 184 cm³/mol. The average Bonchev–Trinajstić information content (AvgIpc) is 3.32. The Morgan fingerprint density at radius 1 is 0.390 bits per heavy atom. The van der Waals surface area contributed by atoms with Crippen LogP contribution in [-0.4, -0.2) is 14.5 Å². The number of unbranched alkanes of at least 4 members (excludes halogenated alkanes) is 6. The van der Waals surface area contributed by atoms with E-state index in [0.717, 1.165) is 0 Å². The molecule has 41 heavy (non-hydrogen) atoms. The maximum absolute atomic E-state index is 2.49. The van der Waals surface area contributed by atoms with Gasteiger partial charge in [0.1, 0.15) is 0 Å². The van der Waals surface area contributed by atoms with Crippen LogP contribution in [0.25, 0.3) is 62.4 Å². The monoisotopic (exact) mass is 600 g/mol. The molecule has 0 saturated carbocycles. The first-order valence-electron chi connectivity index (χ1n) is 15.9. The van der Waals surface area contributed by atoms with Gasteiger partial charge in [0, 0.05) is 0 Å².